The Hall–Kier alpha value is -1.18. The molecule has 0 aliphatic heterocycles. The van der Waals surface area contributed by atoms with Crippen molar-refractivity contribution < 1.29 is 30.0 Å². The second-order valence-corrected chi connectivity index (χ2v) is 10.3. The van der Waals surface area contributed by atoms with Gasteiger partial charge in [0.1, 0.15) is 4.90 Å². The van der Waals surface area contributed by atoms with Crippen molar-refractivity contribution in [1.29, 1.82) is 0 Å². The van der Waals surface area contributed by atoms with Crippen LogP contribution in [0.1, 0.15) is 31.1 Å². The fourth-order valence-corrected chi connectivity index (χ4v) is 2.75. The number of hydrogen-bond donors (Lipinski definition) is 0. The van der Waals surface area contributed by atoms with E-state index >= 15 is 0 Å². The Morgan fingerprint density at radius 1 is 0.815 bits per heavy atom. The van der Waals surface area contributed by atoms with E-state index in [1.807, 2.05) is 57.2 Å². The van der Waals surface area contributed by atoms with E-state index in [0.29, 0.717) is 0 Å². The van der Waals surface area contributed by atoms with Gasteiger partial charge in [0.05, 0.1) is 0 Å². The molecule has 0 aliphatic carbocycles. The molecular formula is C17H19F6OPS2. The van der Waals surface area contributed by atoms with Crippen LogP contribution in [-0.4, -0.2) is 5.78 Å². The molecule has 0 heterocycles. The molecule has 0 atom stereocenters. The van der Waals surface area contributed by atoms with Crippen LogP contribution in [0.25, 0.3) is 0 Å². The monoisotopic (exact) mass is 448 g/mol. The Morgan fingerprint density at radius 2 is 1.15 bits per heavy atom. The van der Waals surface area contributed by atoms with E-state index in [-0.39, 0.29) is 11.2 Å². The summed E-state index contributed by atoms with van der Waals surface area (Å²) in [7, 11) is -10.7. The molecule has 2 rings (SSSR count). The van der Waals surface area contributed by atoms with Crippen LogP contribution in [0.2, 0.25) is 0 Å². The average Bonchev–Trinajstić information content (AvgIpc) is 2.45. The van der Waals surface area contributed by atoms with Gasteiger partial charge in [-0.3, -0.25) is 4.79 Å². The normalized spacial score (nSPS) is 14.4. The molecule has 2 aromatic carbocycles. The zero-order chi connectivity index (χ0) is 21.2. The average molecular weight is 448 g/mol. The Labute approximate surface area is 163 Å². The van der Waals surface area contributed by atoms with Gasteiger partial charge in [-0.25, -0.2) is 0 Å². The minimum absolute atomic E-state index is 0.178. The van der Waals surface area contributed by atoms with Gasteiger partial charge in [0, 0.05) is 20.8 Å². The van der Waals surface area contributed by atoms with E-state index in [2.05, 4.69) is 24.8 Å². The number of halogens is 6. The zero-order valence-corrected chi connectivity index (χ0v) is 17.4. The van der Waals surface area contributed by atoms with E-state index in [9.17, 15) is 30.0 Å². The van der Waals surface area contributed by atoms with E-state index < -0.39 is 7.81 Å². The Bertz CT molecular complexity index is 783. The first-order valence-corrected chi connectivity index (χ1v) is 10.9. The molecule has 0 unspecified atom stereocenters. The molecule has 10 heteroatoms. The molecule has 0 fully saturated rings. The molecule has 27 heavy (non-hydrogen) atoms. The quantitative estimate of drug-likeness (QED) is 0.206. The SMILES string of the molecule is CC(C)(C)C(=O)c1ccc(Sc2ccc([SH2+])cc2)cc1.F[P-](F)(F)(F)(F)F. The van der Waals surface area contributed by atoms with Crippen LogP contribution in [0, 0.1) is 5.41 Å². The minimum atomic E-state index is -10.7. The van der Waals surface area contributed by atoms with Gasteiger partial charge in [0.25, 0.3) is 0 Å². The molecule has 1 nitrogen and oxygen atoms in total. The first-order chi connectivity index (χ1) is 11.8. The van der Waals surface area contributed by atoms with Gasteiger partial charge >= 0.3 is 33.0 Å². The van der Waals surface area contributed by atoms with Crippen molar-refractivity contribution in [3.63, 3.8) is 0 Å². The molecule has 0 bridgehead atoms. The Balaban J connectivity index is 0.000000445. The first kappa shape index (κ1) is 23.9. The van der Waals surface area contributed by atoms with Crippen LogP contribution < -0.4 is 0 Å². The fraction of sp³-hybridized carbons (Fsp3) is 0.235. The van der Waals surface area contributed by atoms with Crippen molar-refractivity contribution in [2.24, 2.45) is 5.41 Å². The summed E-state index contributed by atoms with van der Waals surface area (Å²) >= 11 is 5.17. The number of hydrogen-bond acceptors (Lipinski definition) is 2. The van der Waals surface area contributed by atoms with E-state index in [0.717, 1.165) is 15.4 Å². The number of Topliss-reactive ketones (excluding diaryl/α,β-unsaturated/α-hetero) is 1. The molecule has 0 amide bonds. The summed E-state index contributed by atoms with van der Waals surface area (Å²) in [5, 5.41) is 0. The van der Waals surface area contributed by atoms with Gasteiger partial charge in [-0.2, -0.15) is 0 Å². The van der Waals surface area contributed by atoms with Crippen molar-refractivity contribution in [2.75, 3.05) is 0 Å². The van der Waals surface area contributed by atoms with Crippen LogP contribution in [0.3, 0.4) is 0 Å². The van der Waals surface area contributed by atoms with Gasteiger partial charge in [-0.1, -0.05) is 44.7 Å². The number of carbonyl (C=O) groups excluding carboxylic acids is 1. The topological polar surface area (TPSA) is 17.1 Å². The number of ketones is 1. The third-order valence-corrected chi connectivity index (χ3v) is 4.24. The molecule has 0 saturated heterocycles. The zero-order valence-electron chi connectivity index (χ0n) is 14.7. The second-order valence-electron chi connectivity index (χ2n) is 6.69. The Kier molecular flexibility index (Phi) is 6.48. The molecule has 2 aromatic rings. The van der Waals surface area contributed by atoms with Crippen molar-refractivity contribution in [3.8, 4) is 0 Å². The second kappa shape index (κ2) is 7.33. The van der Waals surface area contributed by atoms with E-state index in [1.165, 1.54) is 4.90 Å². The van der Waals surface area contributed by atoms with Gasteiger partial charge in [-0.15, -0.1) is 0 Å². The standard InChI is InChI=1S/C17H18OS2.F6P/c1-17(2,3)16(18)12-4-8-14(9-5-12)20-15-10-6-13(19)7-11-15;1-7(2,3,4,5)6/h4-11,19H,1-3H3;/q;-1/p+1. The maximum atomic E-state index is 12.2. The Morgan fingerprint density at radius 3 is 1.48 bits per heavy atom. The van der Waals surface area contributed by atoms with Crippen LogP contribution >= 0.6 is 19.6 Å². The number of carbonyl (C=O) groups is 1. The summed E-state index contributed by atoms with van der Waals surface area (Å²) in [4.78, 5) is 15.5. The molecule has 0 saturated carbocycles. The summed E-state index contributed by atoms with van der Waals surface area (Å²) in [5.41, 5.74) is 0.442. The molecule has 0 aromatic heterocycles. The predicted octanol–water partition coefficient (Wildman–Crippen LogP) is 7.82. The molecular weight excluding hydrogens is 429 g/mol. The molecule has 0 spiro atoms. The third kappa shape index (κ3) is 12.0. The van der Waals surface area contributed by atoms with Crippen LogP contribution in [-0.2, 0) is 12.6 Å². The molecule has 0 N–H and O–H groups in total. The van der Waals surface area contributed by atoms with Crippen LogP contribution in [0.5, 0.6) is 0 Å². The fourth-order valence-electron chi connectivity index (χ4n) is 1.77. The summed E-state index contributed by atoms with van der Waals surface area (Å²) in [5.74, 6) is 0.178. The van der Waals surface area contributed by atoms with Crippen molar-refractivity contribution in [1.82, 2.24) is 0 Å². The van der Waals surface area contributed by atoms with Gasteiger partial charge < -0.3 is 0 Å². The molecule has 152 valence electrons. The summed E-state index contributed by atoms with van der Waals surface area (Å²) in [6, 6.07) is 16.0. The molecule has 0 radical (unpaired) electrons. The molecule has 0 aliphatic rings. The van der Waals surface area contributed by atoms with Crippen molar-refractivity contribution in [3.05, 3.63) is 54.1 Å². The third-order valence-electron chi connectivity index (χ3n) is 2.89. The van der Waals surface area contributed by atoms with Crippen molar-refractivity contribution in [2.45, 2.75) is 35.5 Å². The van der Waals surface area contributed by atoms with Crippen LogP contribution in [0.4, 0.5) is 25.2 Å². The number of benzene rings is 2. The summed E-state index contributed by atoms with van der Waals surface area (Å²) in [6.07, 6.45) is 0. The van der Waals surface area contributed by atoms with Gasteiger partial charge in [0.2, 0.25) is 0 Å². The van der Waals surface area contributed by atoms with Crippen LogP contribution in [0.15, 0.2) is 63.2 Å². The van der Waals surface area contributed by atoms with Crippen molar-refractivity contribution >= 4 is 38.0 Å². The van der Waals surface area contributed by atoms with Gasteiger partial charge in [0.15, 0.2) is 5.78 Å². The predicted molar refractivity (Wildman–Crippen MR) is 103 cm³/mol. The summed E-state index contributed by atoms with van der Waals surface area (Å²) < 4.78 is 59.2. The first-order valence-electron chi connectivity index (χ1n) is 7.52. The van der Waals surface area contributed by atoms with E-state index in [1.54, 1.807) is 11.8 Å². The maximum absolute atomic E-state index is 12.2. The van der Waals surface area contributed by atoms with Gasteiger partial charge in [-0.05, 0) is 49.0 Å². The number of rotatable bonds is 3. The van der Waals surface area contributed by atoms with E-state index in [4.69, 9.17) is 0 Å². The summed E-state index contributed by atoms with van der Waals surface area (Å²) in [6.45, 7) is 5.83.